The van der Waals surface area contributed by atoms with Crippen molar-refractivity contribution in [2.24, 2.45) is 5.92 Å². The lowest BCUT2D eigenvalue weighted by Crippen LogP contribution is -2.35. The molecule has 0 aliphatic rings. The van der Waals surface area contributed by atoms with Crippen molar-refractivity contribution in [2.75, 3.05) is 41.3 Å². The number of hydrogen-bond acceptors (Lipinski definition) is 4. The molecule has 0 amide bonds. The Morgan fingerprint density at radius 1 is 1.06 bits per heavy atom. The van der Waals surface area contributed by atoms with Crippen LogP contribution < -0.4 is 0 Å². The van der Waals surface area contributed by atoms with Gasteiger partial charge in [-0.1, -0.05) is 0 Å². The molecule has 18 heavy (non-hydrogen) atoms. The van der Waals surface area contributed by atoms with Gasteiger partial charge in [-0.2, -0.15) is 0 Å². The van der Waals surface area contributed by atoms with E-state index in [1.54, 1.807) is 24.3 Å². The third kappa shape index (κ3) is 4.47. The van der Waals surface area contributed by atoms with Gasteiger partial charge in [0.1, 0.15) is 5.75 Å². The number of rotatable bonds is 6. The van der Waals surface area contributed by atoms with Gasteiger partial charge in [0.05, 0.1) is 0 Å². The number of nitrogens with zero attached hydrogens (tertiary/aromatic N) is 2. The predicted octanol–water partition coefficient (Wildman–Crippen LogP) is 1.31. The first-order valence-corrected chi connectivity index (χ1v) is 6.03. The number of carbonyl (C=O) groups is 1. The second kappa shape index (κ2) is 6.52. The first-order chi connectivity index (χ1) is 8.40. The quantitative estimate of drug-likeness (QED) is 0.773. The van der Waals surface area contributed by atoms with Crippen molar-refractivity contribution in [1.82, 2.24) is 9.80 Å². The molecule has 0 aliphatic heterocycles. The highest BCUT2D eigenvalue weighted by Crippen LogP contribution is 2.15. The molecule has 100 valence electrons. The van der Waals surface area contributed by atoms with Crippen LogP contribution in [0.5, 0.6) is 5.75 Å². The van der Waals surface area contributed by atoms with E-state index in [1.807, 2.05) is 38.0 Å². The number of ketones is 1. The lowest BCUT2D eigenvalue weighted by molar-refractivity contribution is 0.0871. The van der Waals surface area contributed by atoms with Gasteiger partial charge in [0.25, 0.3) is 0 Å². The number of Topliss-reactive ketones (excluding diaryl/α,β-unsaturated/α-hetero) is 1. The molecule has 0 radical (unpaired) electrons. The Balaban J connectivity index is 2.83. The normalized spacial score (nSPS) is 11.5. The van der Waals surface area contributed by atoms with Gasteiger partial charge in [-0.15, -0.1) is 0 Å². The van der Waals surface area contributed by atoms with Gasteiger partial charge in [-0.3, -0.25) is 4.79 Å². The summed E-state index contributed by atoms with van der Waals surface area (Å²) in [6.07, 6.45) is 0. The maximum Gasteiger partial charge on any atom is 0.168 e. The largest absolute Gasteiger partial charge is 0.508 e. The molecule has 1 N–H and O–H groups in total. The fourth-order valence-corrected chi connectivity index (χ4v) is 1.97. The van der Waals surface area contributed by atoms with Crippen LogP contribution in [0.4, 0.5) is 0 Å². The van der Waals surface area contributed by atoms with E-state index in [9.17, 15) is 9.90 Å². The zero-order chi connectivity index (χ0) is 13.7. The van der Waals surface area contributed by atoms with Crippen LogP contribution in [0, 0.1) is 5.92 Å². The maximum atomic E-state index is 12.4. The summed E-state index contributed by atoms with van der Waals surface area (Å²) in [6.45, 7) is 1.44. The summed E-state index contributed by atoms with van der Waals surface area (Å²) in [5, 5.41) is 9.24. The van der Waals surface area contributed by atoms with Gasteiger partial charge in [0.15, 0.2) is 5.78 Å². The average Bonchev–Trinajstić information content (AvgIpc) is 2.27. The zero-order valence-corrected chi connectivity index (χ0v) is 11.6. The second-order valence-corrected chi connectivity index (χ2v) is 5.13. The van der Waals surface area contributed by atoms with E-state index < -0.39 is 0 Å². The van der Waals surface area contributed by atoms with Gasteiger partial charge in [-0.25, -0.2) is 0 Å². The number of phenols is 1. The van der Waals surface area contributed by atoms with Crippen LogP contribution in [0.2, 0.25) is 0 Å². The smallest absolute Gasteiger partial charge is 0.168 e. The molecule has 0 atom stereocenters. The minimum atomic E-state index is -0.0560. The van der Waals surface area contributed by atoms with E-state index >= 15 is 0 Å². The van der Waals surface area contributed by atoms with Gasteiger partial charge < -0.3 is 14.9 Å². The Kier molecular flexibility index (Phi) is 5.31. The predicted molar refractivity (Wildman–Crippen MR) is 73.0 cm³/mol. The van der Waals surface area contributed by atoms with Crippen molar-refractivity contribution in [3.05, 3.63) is 29.8 Å². The van der Waals surface area contributed by atoms with Crippen molar-refractivity contribution >= 4 is 5.78 Å². The molecule has 1 rings (SSSR count). The molecule has 4 heteroatoms. The molecule has 1 aromatic carbocycles. The van der Waals surface area contributed by atoms with Gasteiger partial charge in [0.2, 0.25) is 0 Å². The molecule has 0 saturated carbocycles. The lowest BCUT2D eigenvalue weighted by Gasteiger charge is -2.23. The third-order valence-electron chi connectivity index (χ3n) is 2.69. The van der Waals surface area contributed by atoms with Gasteiger partial charge >= 0.3 is 0 Å². The minimum absolute atomic E-state index is 0.0560. The van der Waals surface area contributed by atoms with Crippen LogP contribution >= 0.6 is 0 Å². The van der Waals surface area contributed by atoms with Crippen molar-refractivity contribution in [1.29, 1.82) is 0 Å². The Hall–Kier alpha value is -1.39. The summed E-state index contributed by atoms with van der Waals surface area (Å²) >= 11 is 0. The highest BCUT2D eigenvalue weighted by molar-refractivity contribution is 5.98. The summed E-state index contributed by atoms with van der Waals surface area (Å²) in [6, 6.07) is 6.46. The lowest BCUT2D eigenvalue weighted by atomic mass is 9.96. The summed E-state index contributed by atoms with van der Waals surface area (Å²) in [4.78, 5) is 16.4. The fraction of sp³-hybridized carbons (Fsp3) is 0.500. The Morgan fingerprint density at radius 3 is 1.89 bits per heavy atom. The first kappa shape index (κ1) is 14.7. The van der Waals surface area contributed by atoms with Crippen molar-refractivity contribution < 1.29 is 9.90 Å². The molecule has 0 spiro atoms. The van der Waals surface area contributed by atoms with Crippen LogP contribution in [0.1, 0.15) is 10.4 Å². The van der Waals surface area contributed by atoms with E-state index in [4.69, 9.17) is 0 Å². The monoisotopic (exact) mass is 250 g/mol. The molecule has 4 nitrogen and oxygen atoms in total. The molecule has 0 aliphatic carbocycles. The Morgan fingerprint density at radius 2 is 1.50 bits per heavy atom. The number of aromatic hydroxyl groups is 1. The number of carbonyl (C=O) groups excluding carboxylic acids is 1. The molecule has 0 saturated heterocycles. The SMILES string of the molecule is CN(C)CC(CN(C)C)C(=O)c1ccc(O)cc1. The average molecular weight is 250 g/mol. The van der Waals surface area contributed by atoms with Crippen molar-refractivity contribution in [2.45, 2.75) is 0 Å². The summed E-state index contributed by atoms with van der Waals surface area (Å²) in [7, 11) is 7.86. The molecule has 0 fully saturated rings. The van der Waals surface area contributed by atoms with Gasteiger partial charge in [0, 0.05) is 24.6 Å². The number of phenolic OH excluding ortho intramolecular Hbond substituents is 1. The minimum Gasteiger partial charge on any atom is -0.508 e. The third-order valence-corrected chi connectivity index (χ3v) is 2.69. The molecule has 0 bridgehead atoms. The van der Waals surface area contributed by atoms with E-state index in [1.165, 1.54) is 0 Å². The van der Waals surface area contributed by atoms with Crippen LogP contribution in [-0.2, 0) is 0 Å². The van der Waals surface area contributed by atoms with Crippen LogP contribution in [-0.4, -0.2) is 62.0 Å². The molecule has 1 aromatic rings. The van der Waals surface area contributed by atoms with E-state index in [-0.39, 0.29) is 17.5 Å². The molecule has 0 aromatic heterocycles. The van der Waals surface area contributed by atoms with Crippen LogP contribution in [0.15, 0.2) is 24.3 Å². The maximum absolute atomic E-state index is 12.4. The second-order valence-electron chi connectivity index (χ2n) is 5.13. The molecule has 0 heterocycles. The van der Waals surface area contributed by atoms with Crippen LogP contribution in [0.25, 0.3) is 0 Å². The Bertz CT molecular complexity index is 375. The van der Waals surface area contributed by atoms with Gasteiger partial charge in [-0.05, 0) is 52.5 Å². The molecular formula is C14H22N2O2. The zero-order valence-electron chi connectivity index (χ0n) is 11.6. The summed E-state index contributed by atoms with van der Waals surface area (Å²) < 4.78 is 0. The van der Waals surface area contributed by atoms with E-state index in [2.05, 4.69) is 0 Å². The number of benzene rings is 1. The van der Waals surface area contributed by atoms with E-state index in [0.29, 0.717) is 5.56 Å². The standard InChI is InChI=1S/C14H22N2O2/c1-15(2)9-12(10-16(3)4)14(18)11-5-7-13(17)8-6-11/h5-8,12,17H,9-10H2,1-4H3. The molecular weight excluding hydrogens is 228 g/mol. The van der Waals surface area contributed by atoms with Crippen LogP contribution in [0.3, 0.4) is 0 Å². The fourth-order valence-electron chi connectivity index (χ4n) is 1.97. The summed E-state index contributed by atoms with van der Waals surface area (Å²) in [5.41, 5.74) is 0.654. The Labute approximate surface area is 109 Å². The summed E-state index contributed by atoms with van der Waals surface area (Å²) in [5.74, 6) is 0.250. The van der Waals surface area contributed by atoms with Crippen molar-refractivity contribution in [3.8, 4) is 5.75 Å². The highest BCUT2D eigenvalue weighted by Gasteiger charge is 2.21. The van der Waals surface area contributed by atoms with Crippen molar-refractivity contribution in [3.63, 3.8) is 0 Å². The van der Waals surface area contributed by atoms with E-state index in [0.717, 1.165) is 13.1 Å². The number of hydrogen-bond donors (Lipinski definition) is 1. The topological polar surface area (TPSA) is 43.8 Å². The molecule has 0 unspecified atom stereocenters. The first-order valence-electron chi connectivity index (χ1n) is 6.03. The highest BCUT2D eigenvalue weighted by atomic mass is 16.3.